The normalized spacial score (nSPS) is 11.7. The zero-order chi connectivity index (χ0) is 23.7. The van der Waals surface area contributed by atoms with Crippen LogP contribution in [0.3, 0.4) is 0 Å². The summed E-state index contributed by atoms with van der Waals surface area (Å²) in [5, 5.41) is 2.97. The molecule has 0 saturated heterocycles. The average Bonchev–Trinajstić information content (AvgIpc) is 3.06. The van der Waals surface area contributed by atoms with E-state index in [0.29, 0.717) is 24.9 Å². The highest BCUT2D eigenvalue weighted by atomic mass is 16.2. The Morgan fingerprint density at radius 1 is 0.969 bits per heavy atom. The minimum Gasteiger partial charge on any atom is -0.356 e. The summed E-state index contributed by atoms with van der Waals surface area (Å²) in [7, 11) is 0. The van der Waals surface area contributed by atoms with Crippen molar-refractivity contribution in [1.29, 1.82) is 0 Å². The second-order valence-electron chi connectivity index (χ2n) is 9.95. The first-order chi connectivity index (χ1) is 15.2. The lowest BCUT2D eigenvalue weighted by Gasteiger charge is -2.27. The minimum absolute atomic E-state index is 0.0263. The van der Waals surface area contributed by atoms with Gasteiger partial charge in [0.25, 0.3) is 0 Å². The minimum atomic E-state index is 0.0263. The Morgan fingerprint density at radius 2 is 1.62 bits per heavy atom. The molecule has 6 nitrogen and oxygen atoms in total. The number of carbonyl (C=O) groups excluding carboxylic acids is 2. The highest BCUT2D eigenvalue weighted by molar-refractivity contribution is 5.81. The van der Waals surface area contributed by atoms with Gasteiger partial charge >= 0.3 is 0 Å². The van der Waals surface area contributed by atoms with Crippen molar-refractivity contribution in [3.63, 3.8) is 0 Å². The molecular formula is C26H42N4O2. The molecule has 2 amide bonds. The summed E-state index contributed by atoms with van der Waals surface area (Å²) in [6, 6.07) is 8.07. The number of nitrogens with one attached hydrogen (secondary N) is 1. The first-order valence-electron chi connectivity index (χ1n) is 12.2. The maximum atomic E-state index is 13.2. The van der Waals surface area contributed by atoms with E-state index >= 15 is 0 Å². The van der Waals surface area contributed by atoms with Crippen LogP contribution in [0.15, 0.2) is 24.3 Å². The van der Waals surface area contributed by atoms with Crippen LogP contribution in [0.4, 0.5) is 0 Å². The van der Waals surface area contributed by atoms with Crippen LogP contribution in [0.2, 0.25) is 0 Å². The van der Waals surface area contributed by atoms with Gasteiger partial charge in [-0.05, 0) is 36.8 Å². The Labute approximate surface area is 193 Å². The van der Waals surface area contributed by atoms with Gasteiger partial charge in [0.05, 0.1) is 11.0 Å². The predicted molar refractivity (Wildman–Crippen MR) is 131 cm³/mol. The van der Waals surface area contributed by atoms with Gasteiger partial charge in [-0.1, -0.05) is 60.1 Å². The molecule has 178 valence electrons. The summed E-state index contributed by atoms with van der Waals surface area (Å²) >= 11 is 0. The molecule has 0 unspecified atom stereocenters. The number of carbonyl (C=O) groups is 2. The molecule has 1 aromatic heterocycles. The van der Waals surface area contributed by atoms with E-state index in [0.717, 1.165) is 55.6 Å². The highest BCUT2D eigenvalue weighted by Crippen LogP contribution is 2.19. The third-order valence-electron chi connectivity index (χ3n) is 5.45. The number of aromatic nitrogens is 2. The van der Waals surface area contributed by atoms with Crippen molar-refractivity contribution in [3.8, 4) is 0 Å². The van der Waals surface area contributed by atoms with Crippen LogP contribution in [0.1, 0.15) is 66.6 Å². The van der Waals surface area contributed by atoms with Crippen LogP contribution < -0.4 is 5.32 Å². The van der Waals surface area contributed by atoms with Gasteiger partial charge in [-0.25, -0.2) is 4.98 Å². The fourth-order valence-corrected chi connectivity index (χ4v) is 3.89. The number of hydrogen-bond acceptors (Lipinski definition) is 3. The Kier molecular flexibility index (Phi) is 10.2. The number of rotatable bonds is 13. The zero-order valence-corrected chi connectivity index (χ0v) is 20.9. The van der Waals surface area contributed by atoms with Gasteiger partial charge in [0.2, 0.25) is 11.8 Å². The van der Waals surface area contributed by atoms with Gasteiger partial charge in [-0.15, -0.1) is 0 Å². The standard InChI is InChI=1S/C26H42N4O2/c1-19(2)16-29(17-20(3)4)25(31)18-30-23-13-10-9-12-22(23)28-24(30)14-8-7-11-15-27-26(32)21(5)6/h9-10,12-13,19-21H,7-8,11,14-18H2,1-6H3,(H,27,32). The number of amides is 2. The second-order valence-corrected chi connectivity index (χ2v) is 9.95. The second kappa shape index (κ2) is 12.6. The van der Waals surface area contributed by atoms with Crippen LogP contribution in [-0.4, -0.2) is 45.9 Å². The first-order valence-corrected chi connectivity index (χ1v) is 12.2. The van der Waals surface area contributed by atoms with E-state index in [-0.39, 0.29) is 17.7 Å². The molecule has 0 aliphatic heterocycles. The molecule has 32 heavy (non-hydrogen) atoms. The smallest absolute Gasteiger partial charge is 0.242 e. The number of nitrogens with zero attached hydrogens (tertiary/aromatic N) is 3. The molecule has 2 rings (SSSR count). The Balaban J connectivity index is 2.05. The summed E-state index contributed by atoms with van der Waals surface area (Å²) in [5.41, 5.74) is 1.97. The molecule has 2 aromatic rings. The number of fused-ring (bicyclic) bond motifs is 1. The van der Waals surface area contributed by atoms with Gasteiger partial charge in [0, 0.05) is 32.0 Å². The SMILES string of the molecule is CC(C)CN(CC(C)C)C(=O)Cn1c(CCCCCNC(=O)C(C)C)nc2ccccc21. The third-order valence-corrected chi connectivity index (χ3v) is 5.45. The summed E-state index contributed by atoms with van der Waals surface area (Å²) < 4.78 is 2.10. The molecule has 0 atom stereocenters. The molecule has 0 spiro atoms. The number of unbranched alkanes of at least 4 members (excludes halogenated alkanes) is 2. The number of hydrogen-bond donors (Lipinski definition) is 1. The van der Waals surface area contributed by atoms with Crippen molar-refractivity contribution in [1.82, 2.24) is 19.8 Å². The Morgan fingerprint density at radius 3 is 2.25 bits per heavy atom. The lowest BCUT2D eigenvalue weighted by atomic mass is 10.1. The summed E-state index contributed by atoms with van der Waals surface area (Å²) in [5.74, 6) is 2.14. The van der Waals surface area contributed by atoms with Crippen molar-refractivity contribution >= 4 is 22.8 Å². The predicted octanol–water partition coefficient (Wildman–Crippen LogP) is 4.66. The molecule has 1 N–H and O–H groups in total. The monoisotopic (exact) mass is 442 g/mol. The quantitative estimate of drug-likeness (QED) is 0.459. The van der Waals surface area contributed by atoms with E-state index in [2.05, 4.69) is 43.6 Å². The third kappa shape index (κ3) is 7.95. The van der Waals surface area contributed by atoms with Crippen LogP contribution in [0.25, 0.3) is 11.0 Å². The maximum Gasteiger partial charge on any atom is 0.242 e. The molecule has 6 heteroatoms. The number of para-hydroxylation sites is 2. The summed E-state index contributed by atoms with van der Waals surface area (Å²) in [6.45, 7) is 15.0. The molecular weight excluding hydrogens is 400 g/mol. The number of imidazole rings is 1. The van der Waals surface area contributed by atoms with E-state index in [1.54, 1.807) is 0 Å². The van der Waals surface area contributed by atoms with E-state index in [9.17, 15) is 9.59 Å². The van der Waals surface area contributed by atoms with Crippen molar-refractivity contribution < 1.29 is 9.59 Å². The van der Waals surface area contributed by atoms with Crippen molar-refractivity contribution in [2.24, 2.45) is 17.8 Å². The van der Waals surface area contributed by atoms with Gasteiger partial charge in [-0.3, -0.25) is 9.59 Å². The molecule has 0 aliphatic carbocycles. The van der Waals surface area contributed by atoms with Crippen LogP contribution >= 0.6 is 0 Å². The fourth-order valence-electron chi connectivity index (χ4n) is 3.89. The van der Waals surface area contributed by atoms with E-state index in [1.807, 2.05) is 36.9 Å². The Hall–Kier alpha value is -2.37. The van der Waals surface area contributed by atoms with Crippen molar-refractivity contribution in [2.75, 3.05) is 19.6 Å². The highest BCUT2D eigenvalue weighted by Gasteiger charge is 2.20. The summed E-state index contributed by atoms with van der Waals surface area (Å²) in [6.07, 6.45) is 3.78. The molecule has 0 saturated carbocycles. The first kappa shape index (κ1) is 25.9. The largest absolute Gasteiger partial charge is 0.356 e. The molecule has 0 radical (unpaired) electrons. The van der Waals surface area contributed by atoms with Gasteiger partial charge in [0.1, 0.15) is 12.4 Å². The maximum absolute atomic E-state index is 13.2. The van der Waals surface area contributed by atoms with Crippen LogP contribution in [-0.2, 0) is 22.6 Å². The topological polar surface area (TPSA) is 67.2 Å². The van der Waals surface area contributed by atoms with Gasteiger partial charge in [0.15, 0.2) is 0 Å². The van der Waals surface area contributed by atoms with E-state index in [1.165, 1.54) is 0 Å². The number of benzene rings is 1. The van der Waals surface area contributed by atoms with Crippen LogP contribution in [0.5, 0.6) is 0 Å². The molecule has 1 heterocycles. The Bertz CT molecular complexity index is 860. The lowest BCUT2D eigenvalue weighted by molar-refractivity contribution is -0.133. The zero-order valence-electron chi connectivity index (χ0n) is 20.9. The molecule has 0 fully saturated rings. The van der Waals surface area contributed by atoms with Crippen molar-refractivity contribution in [2.45, 2.75) is 73.8 Å². The van der Waals surface area contributed by atoms with Gasteiger partial charge < -0.3 is 14.8 Å². The van der Waals surface area contributed by atoms with E-state index in [4.69, 9.17) is 4.98 Å². The van der Waals surface area contributed by atoms with Crippen molar-refractivity contribution in [3.05, 3.63) is 30.1 Å². The number of aryl methyl sites for hydroxylation is 1. The molecule has 0 aliphatic rings. The molecule has 1 aromatic carbocycles. The van der Waals surface area contributed by atoms with Crippen LogP contribution in [0, 0.1) is 17.8 Å². The van der Waals surface area contributed by atoms with E-state index < -0.39 is 0 Å². The molecule has 0 bridgehead atoms. The average molecular weight is 443 g/mol. The van der Waals surface area contributed by atoms with Gasteiger partial charge in [-0.2, -0.15) is 0 Å². The fraction of sp³-hybridized carbons (Fsp3) is 0.654. The summed E-state index contributed by atoms with van der Waals surface area (Å²) in [4.78, 5) is 31.8. The lowest BCUT2D eigenvalue weighted by Crippen LogP contribution is -2.39.